The summed E-state index contributed by atoms with van der Waals surface area (Å²) in [7, 11) is 0. The Morgan fingerprint density at radius 2 is 2.05 bits per heavy atom. The molecule has 4 heteroatoms. The number of rotatable bonds is 2. The van der Waals surface area contributed by atoms with Crippen molar-refractivity contribution in [3.8, 4) is 0 Å². The second kappa shape index (κ2) is 6.22. The molecule has 0 bridgehead atoms. The van der Waals surface area contributed by atoms with E-state index in [-0.39, 0.29) is 0 Å². The number of hydrogen-bond donors (Lipinski definition) is 2. The molecule has 2 N–H and O–H groups in total. The van der Waals surface area contributed by atoms with E-state index in [1.165, 1.54) is 17.5 Å². The molecule has 0 saturated carbocycles. The summed E-state index contributed by atoms with van der Waals surface area (Å²) in [5, 5.41) is 7.23. The number of nitrogens with zero attached hydrogens (tertiary/aromatic N) is 1. The molecule has 1 aromatic carbocycles. The molecule has 0 amide bonds. The van der Waals surface area contributed by atoms with Crippen LogP contribution in [0.25, 0.3) is 0 Å². The quantitative estimate of drug-likeness (QED) is 0.828. The Morgan fingerprint density at radius 3 is 2.90 bits per heavy atom. The van der Waals surface area contributed by atoms with Gasteiger partial charge in [0.2, 0.25) is 0 Å². The Balaban J connectivity index is 1.68. The lowest BCUT2D eigenvalue weighted by Gasteiger charge is -2.27. The van der Waals surface area contributed by atoms with Crippen LogP contribution in [-0.4, -0.2) is 10.1 Å². The molecule has 1 aliphatic carbocycles. The highest BCUT2D eigenvalue weighted by atomic mass is 32.1. The van der Waals surface area contributed by atoms with Gasteiger partial charge in [-0.25, -0.2) is 4.98 Å². The summed E-state index contributed by atoms with van der Waals surface area (Å²) >= 11 is 5.43. The molecule has 0 fully saturated rings. The van der Waals surface area contributed by atoms with Crippen LogP contribution in [0.5, 0.6) is 0 Å². The lowest BCUT2D eigenvalue weighted by atomic mass is 9.88. The first-order valence-electron chi connectivity index (χ1n) is 7.31. The predicted molar refractivity (Wildman–Crippen MR) is 90.5 cm³/mol. The van der Waals surface area contributed by atoms with Gasteiger partial charge in [0.25, 0.3) is 0 Å². The number of anilines is 1. The van der Waals surface area contributed by atoms with Crippen LogP contribution < -0.4 is 10.6 Å². The maximum Gasteiger partial charge on any atom is 0.172 e. The van der Waals surface area contributed by atoms with Crippen molar-refractivity contribution >= 4 is 23.1 Å². The summed E-state index contributed by atoms with van der Waals surface area (Å²) in [6.07, 6.45) is 3.47. The molecule has 2 aromatic rings. The Labute approximate surface area is 130 Å². The van der Waals surface area contributed by atoms with E-state index < -0.39 is 0 Å². The van der Waals surface area contributed by atoms with E-state index in [2.05, 4.69) is 39.9 Å². The van der Waals surface area contributed by atoms with Crippen LogP contribution in [0, 0.1) is 6.92 Å². The number of aromatic nitrogens is 1. The van der Waals surface area contributed by atoms with Crippen molar-refractivity contribution in [3.63, 3.8) is 0 Å². The van der Waals surface area contributed by atoms with Gasteiger partial charge in [-0.15, -0.1) is 0 Å². The summed E-state index contributed by atoms with van der Waals surface area (Å²) in [5.74, 6) is 0.789. The predicted octanol–water partition coefficient (Wildman–Crippen LogP) is 3.75. The zero-order valence-corrected chi connectivity index (χ0v) is 12.9. The fourth-order valence-electron chi connectivity index (χ4n) is 2.83. The summed E-state index contributed by atoms with van der Waals surface area (Å²) in [4.78, 5) is 4.41. The van der Waals surface area contributed by atoms with Gasteiger partial charge in [-0.1, -0.05) is 30.3 Å². The SMILES string of the molecule is Cc1cccc(NC(=S)N[C@H]2CCCc3ccccc32)n1. The maximum atomic E-state index is 5.43. The first-order chi connectivity index (χ1) is 10.2. The van der Waals surface area contributed by atoms with E-state index in [0.717, 1.165) is 24.4 Å². The minimum absolute atomic E-state index is 0.291. The number of benzene rings is 1. The number of hydrogen-bond acceptors (Lipinski definition) is 2. The highest BCUT2D eigenvalue weighted by molar-refractivity contribution is 7.80. The minimum atomic E-state index is 0.291. The van der Waals surface area contributed by atoms with E-state index in [1.807, 2.05) is 25.1 Å². The van der Waals surface area contributed by atoms with Crippen molar-refractivity contribution in [3.05, 3.63) is 59.3 Å². The third-order valence-electron chi connectivity index (χ3n) is 3.80. The van der Waals surface area contributed by atoms with Crippen LogP contribution in [0.2, 0.25) is 0 Å². The van der Waals surface area contributed by atoms with Crippen molar-refractivity contribution in [2.45, 2.75) is 32.2 Å². The van der Waals surface area contributed by atoms with Crippen LogP contribution >= 0.6 is 12.2 Å². The Kier molecular flexibility index (Phi) is 4.15. The monoisotopic (exact) mass is 297 g/mol. The zero-order valence-electron chi connectivity index (χ0n) is 12.1. The third kappa shape index (κ3) is 3.39. The Bertz CT molecular complexity index is 654. The van der Waals surface area contributed by atoms with Crippen LogP contribution in [-0.2, 0) is 6.42 Å². The van der Waals surface area contributed by atoms with Gasteiger partial charge in [0, 0.05) is 5.69 Å². The summed E-state index contributed by atoms with van der Waals surface area (Å²) < 4.78 is 0. The lowest BCUT2D eigenvalue weighted by molar-refractivity contribution is 0.529. The number of nitrogens with one attached hydrogen (secondary N) is 2. The summed E-state index contributed by atoms with van der Waals surface area (Å²) in [6, 6.07) is 14.8. The van der Waals surface area contributed by atoms with E-state index in [9.17, 15) is 0 Å². The van der Waals surface area contributed by atoms with Gasteiger partial charge in [-0.05, 0) is 61.7 Å². The highest BCUT2D eigenvalue weighted by Gasteiger charge is 2.20. The van der Waals surface area contributed by atoms with Crippen LogP contribution in [0.3, 0.4) is 0 Å². The smallest absolute Gasteiger partial charge is 0.172 e. The molecular weight excluding hydrogens is 278 g/mol. The Morgan fingerprint density at radius 1 is 1.19 bits per heavy atom. The fraction of sp³-hybridized carbons (Fsp3) is 0.294. The van der Waals surface area contributed by atoms with Crippen molar-refractivity contribution in [1.29, 1.82) is 0 Å². The number of thiocarbonyl (C=S) groups is 1. The minimum Gasteiger partial charge on any atom is -0.356 e. The van der Waals surface area contributed by atoms with E-state index in [0.29, 0.717) is 11.2 Å². The molecule has 0 unspecified atom stereocenters. The topological polar surface area (TPSA) is 37.0 Å². The first-order valence-corrected chi connectivity index (χ1v) is 7.72. The van der Waals surface area contributed by atoms with Gasteiger partial charge < -0.3 is 10.6 Å². The fourth-order valence-corrected chi connectivity index (χ4v) is 3.07. The average Bonchev–Trinajstić information content (AvgIpc) is 2.47. The second-order valence-corrected chi connectivity index (χ2v) is 5.81. The lowest BCUT2D eigenvalue weighted by Crippen LogP contribution is -2.34. The first kappa shape index (κ1) is 14.0. The van der Waals surface area contributed by atoms with E-state index >= 15 is 0 Å². The molecule has 1 aromatic heterocycles. The summed E-state index contributed by atoms with van der Waals surface area (Å²) in [6.45, 7) is 1.97. The van der Waals surface area contributed by atoms with Crippen molar-refractivity contribution in [2.75, 3.05) is 5.32 Å². The molecule has 1 aliphatic rings. The molecule has 0 aliphatic heterocycles. The number of pyridine rings is 1. The molecule has 0 spiro atoms. The molecular formula is C17H19N3S. The highest BCUT2D eigenvalue weighted by Crippen LogP contribution is 2.29. The normalized spacial score (nSPS) is 16.9. The van der Waals surface area contributed by atoms with Crippen LogP contribution in [0.1, 0.15) is 35.7 Å². The molecule has 0 radical (unpaired) electrons. The molecule has 0 saturated heterocycles. The van der Waals surface area contributed by atoms with Gasteiger partial charge in [0.05, 0.1) is 6.04 Å². The van der Waals surface area contributed by atoms with Gasteiger partial charge in [-0.2, -0.15) is 0 Å². The van der Waals surface area contributed by atoms with Gasteiger partial charge in [0.1, 0.15) is 5.82 Å². The molecule has 21 heavy (non-hydrogen) atoms. The zero-order chi connectivity index (χ0) is 14.7. The van der Waals surface area contributed by atoms with E-state index in [1.54, 1.807) is 0 Å². The van der Waals surface area contributed by atoms with Crippen molar-refractivity contribution < 1.29 is 0 Å². The van der Waals surface area contributed by atoms with Gasteiger partial charge >= 0.3 is 0 Å². The molecule has 108 valence electrons. The van der Waals surface area contributed by atoms with E-state index in [4.69, 9.17) is 12.2 Å². The number of fused-ring (bicyclic) bond motifs is 1. The van der Waals surface area contributed by atoms with Gasteiger partial charge in [-0.3, -0.25) is 0 Å². The average molecular weight is 297 g/mol. The maximum absolute atomic E-state index is 5.43. The molecule has 3 nitrogen and oxygen atoms in total. The van der Waals surface area contributed by atoms with Crippen molar-refractivity contribution in [1.82, 2.24) is 10.3 Å². The van der Waals surface area contributed by atoms with Gasteiger partial charge in [0.15, 0.2) is 5.11 Å². The van der Waals surface area contributed by atoms with Crippen LogP contribution in [0.4, 0.5) is 5.82 Å². The van der Waals surface area contributed by atoms with Crippen molar-refractivity contribution in [2.24, 2.45) is 0 Å². The second-order valence-electron chi connectivity index (χ2n) is 5.41. The Hall–Kier alpha value is -1.94. The molecule has 1 heterocycles. The summed E-state index contributed by atoms with van der Waals surface area (Å²) in [5.41, 5.74) is 3.77. The largest absolute Gasteiger partial charge is 0.356 e. The number of aryl methyl sites for hydroxylation is 2. The third-order valence-corrected chi connectivity index (χ3v) is 4.02. The standard InChI is InChI=1S/C17H19N3S/c1-12-6-4-11-16(18-12)20-17(21)19-15-10-5-8-13-7-2-3-9-14(13)15/h2-4,6-7,9,11,15H,5,8,10H2,1H3,(H2,18,19,20,21)/t15-/m0/s1. The van der Waals surface area contributed by atoms with Crippen LogP contribution in [0.15, 0.2) is 42.5 Å². The molecule has 3 rings (SSSR count). The molecule has 1 atom stereocenters.